The fourth-order valence-electron chi connectivity index (χ4n) is 2.16. The van der Waals surface area contributed by atoms with Crippen LogP contribution in [0.5, 0.6) is 0 Å². The molecule has 1 fully saturated rings. The molecule has 1 N–H and O–H groups in total. The average molecular weight is 208 g/mol. The van der Waals surface area contributed by atoms with Gasteiger partial charge in [0.25, 0.3) is 5.56 Å². The van der Waals surface area contributed by atoms with Crippen molar-refractivity contribution < 1.29 is 9.90 Å². The Morgan fingerprint density at radius 1 is 1.47 bits per heavy atom. The van der Waals surface area contributed by atoms with Crippen molar-refractivity contribution in [2.45, 2.75) is 31.2 Å². The van der Waals surface area contributed by atoms with Crippen LogP contribution >= 0.6 is 0 Å². The Balaban J connectivity index is 2.55. The van der Waals surface area contributed by atoms with Gasteiger partial charge in [0, 0.05) is 12.3 Å². The van der Waals surface area contributed by atoms with Gasteiger partial charge in [0.2, 0.25) is 0 Å². The van der Waals surface area contributed by atoms with E-state index in [2.05, 4.69) is 5.10 Å². The van der Waals surface area contributed by atoms with Crippen molar-refractivity contribution in [3.63, 3.8) is 0 Å². The van der Waals surface area contributed by atoms with Crippen molar-refractivity contribution >= 4 is 5.97 Å². The lowest BCUT2D eigenvalue weighted by atomic mass is 9.98. The first kappa shape index (κ1) is 9.89. The van der Waals surface area contributed by atoms with E-state index in [-0.39, 0.29) is 5.56 Å². The third-order valence-electron chi connectivity index (χ3n) is 2.95. The Labute approximate surface area is 86.4 Å². The Morgan fingerprint density at radius 3 is 2.67 bits per heavy atom. The molecule has 1 aliphatic rings. The van der Waals surface area contributed by atoms with Crippen LogP contribution in [0.15, 0.2) is 23.1 Å². The summed E-state index contributed by atoms with van der Waals surface area (Å²) in [5, 5.41) is 13.1. The van der Waals surface area contributed by atoms with E-state index >= 15 is 0 Å². The van der Waals surface area contributed by atoms with E-state index in [1.165, 1.54) is 18.3 Å². The van der Waals surface area contributed by atoms with Crippen LogP contribution in [0, 0.1) is 0 Å². The van der Waals surface area contributed by atoms with E-state index in [0.717, 1.165) is 17.5 Å². The standard InChI is InChI=1S/C10H12N2O3/c13-8-4-3-7-11-12(8)10(9(14)15)5-1-2-6-10/h3-4,7H,1-2,5-6H2,(H,14,15). The molecule has 0 spiro atoms. The highest BCUT2D eigenvalue weighted by Crippen LogP contribution is 2.35. The molecule has 80 valence electrons. The topological polar surface area (TPSA) is 72.2 Å². The van der Waals surface area contributed by atoms with Crippen molar-refractivity contribution in [2.75, 3.05) is 0 Å². The first-order valence-corrected chi connectivity index (χ1v) is 4.95. The molecule has 0 bridgehead atoms. The lowest BCUT2D eigenvalue weighted by Crippen LogP contribution is -2.46. The zero-order valence-electron chi connectivity index (χ0n) is 8.22. The lowest BCUT2D eigenvalue weighted by molar-refractivity contribution is -0.148. The summed E-state index contributed by atoms with van der Waals surface area (Å²) in [4.78, 5) is 22.8. The monoisotopic (exact) mass is 208 g/mol. The van der Waals surface area contributed by atoms with Gasteiger partial charge in [0.05, 0.1) is 0 Å². The molecule has 1 saturated carbocycles. The number of hydrogen-bond donors (Lipinski definition) is 1. The van der Waals surface area contributed by atoms with Gasteiger partial charge < -0.3 is 5.11 Å². The second kappa shape index (κ2) is 3.49. The van der Waals surface area contributed by atoms with Crippen LogP contribution in [0.2, 0.25) is 0 Å². The third-order valence-corrected chi connectivity index (χ3v) is 2.95. The summed E-state index contributed by atoms with van der Waals surface area (Å²) < 4.78 is 1.11. The van der Waals surface area contributed by atoms with Gasteiger partial charge >= 0.3 is 5.97 Å². The fraction of sp³-hybridized carbons (Fsp3) is 0.500. The fourth-order valence-corrected chi connectivity index (χ4v) is 2.16. The second-order valence-corrected chi connectivity index (χ2v) is 3.82. The SMILES string of the molecule is O=C(O)C1(n2ncccc2=O)CCCC1. The number of hydrogen-bond acceptors (Lipinski definition) is 3. The van der Waals surface area contributed by atoms with Gasteiger partial charge in [-0.05, 0) is 18.9 Å². The minimum absolute atomic E-state index is 0.346. The highest BCUT2D eigenvalue weighted by molar-refractivity contribution is 5.76. The summed E-state index contributed by atoms with van der Waals surface area (Å²) in [6.45, 7) is 0. The highest BCUT2D eigenvalue weighted by atomic mass is 16.4. The van der Waals surface area contributed by atoms with Crippen molar-refractivity contribution in [1.82, 2.24) is 9.78 Å². The predicted octanol–water partition coefficient (Wildman–Crippen LogP) is 0.597. The molecule has 0 saturated heterocycles. The summed E-state index contributed by atoms with van der Waals surface area (Å²) in [6.07, 6.45) is 4.08. The molecule has 1 heterocycles. The third kappa shape index (κ3) is 1.44. The summed E-state index contributed by atoms with van der Waals surface area (Å²) in [5.74, 6) is -0.958. The number of carboxylic acid groups (broad SMARTS) is 1. The number of aliphatic carboxylic acids is 1. The van der Waals surface area contributed by atoms with E-state index in [0.29, 0.717) is 12.8 Å². The largest absolute Gasteiger partial charge is 0.479 e. The van der Waals surface area contributed by atoms with Crippen molar-refractivity contribution in [3.8, 4) is 0 Å². The number of carbonyl (C=O) groups is 1. The molecule has 1 aliphatic carbocycles. The Hall–Kier alpha value is -1.65. The zero-order valence-corrected chi connectivity index (χ0v) is 8.22. The van der Waals surface area contributed by atoms with Crippen LogP contribution < -0.4 is 5.56 Å². The normalized spacial score (nSPS) is 18.9. The van der Waals surface area contributed by atoms with Gasteiger partial charge in [-0.1, -0.05) is 12.8 Å². The Bertz CT molecular complexity index is 432. The average Bonchev–Trinajstić information content (AvgIpc) is 2.68. The molecule has 0 radical (unpaired) electrons. The van der Waals surface area contributed by atoms with E-state index in [4.69, 9.17) is 0 Å². The van der Waals surface area contributed by atoms with Crippen LogP contribution in [-0.2, 0) is 10.3 Å². The quantitative estimate of drug-likeness (QED) is 0.772. The first-order valence-electron chi connectivity index (χ1n) is 4.95. The molecule has 0 atom stereocenters. The van der Waals surface area contributed by atoms with Crippen LogP contribution in [0.4, 0.5) is 0 Å². The van der Waals surface area contributed by atoms with Gasteiger partial charge in [0.15, 0.2) is 5.54 Å². The Morgan fingerprint density at radius 2 is 2.13 bits per heavy atom. The van der Waals surface area contributed by atoms with Gasteiger partial charge in [-0.3, -0.25) is 4.79 Å². The minimum Gasteiger partial charge on any atom is -0.479 e. The van der Waals surface area contributed by atoms with Gasteiger partial charge in [0.1, 0.15) is 0 Å². The lowest BCUT2D eigenvalue weighted by Gasteiger charge is -2.24. The number of carboxylic acids is 1. The summed E-state index contributed by atoms with van der Waals surface area (Å²) >= 11 is 0. The predicted molar refractivity (Wildman–Crippen MR) is 52.6 cm³/mol. The van der Waals surface area contributed by atoms with E-state index in [1.54, 1.807) is 0 Å². The van der Waals surface area contributed by atoms with Crippen LogP contribution in [0.25, 0.3) is 0 Å². The van der Waals surface area contributed by atoms with Crippen molar-refractivity contribution in [3.05, 3.63) is 28.7 Å². The summed E-state index contributed by atoms with van der Waals surface area (Å²) in [6, 6.07) is 2.86. The maximum Gasteiger partial charge on any atom is 0.331 e. The number of nitrogens with zero attached hydrogens (tertiary/aromatic N) is 2. The van der Waals surface area contributed by atoms with E-state index in [1.807, 2.05) is 0 Å². The number of aromatic nitrogens is 2. The van der Waals surface area contributed by atoms with Crippen molar-refractivity contribution in [2.24, 2.45) is 0 Å². The van der Waals surface area contributed by atoms with Gasteiger partial charge in [-0.15, -0.1) is 0 Å². The minimum atomic E-state index is -1.11. The Kier molecular flexibility index (Phi) is 2.30. The second-order valence-electron chi connectivity index (χ2n) is 3.82. The smallest absolute Gasteiger partial charge is 0.331 e. The molecule has 2 rings (SSSR count). The highest BCUT2D eigenvalue weighted by Gasteiger charge is 2.44. The van der Waals surface area contributed by atoms with Gasteiger partial charge in [-0.25, -0.2) is 9.48 Å². The summed E-state index contributed by atoms with van der Waals surface area (Å²) in [7, 11) is 0. The van der Waals surface area contributed by atoms with Crippen LogP contribution in [0.1, 0.15) is 25.7 Å². The molecule has 0 aliphatic heterocycles. The summed E-state index contributed by atoms with van der Waals surface area (Å²) in [5.41, 5.74) is -1.46. The van der Waals surface area contributed by atoms with Crippen LogP contribution in [0.3, 0.4) is 0 Å². The molecule has 5 nitrogen and oxygen atoms in total. The molecular weight excluding hydrogens is 196 g/mol. The number of rotatable bonds is 2. The zero-order chi connectivity index (χ0) is 10.9. The van der Waals surface area contributed by atoms with E-state index in [9.17, 15) is 14.7 Å². The maximum absolute atomic E-state index is 11.6. The molecule has 0 aromatic carbocycles. The molecule has 0 amide bonds. The van der Waals surface area contributed by atoms with Gasteiger partial charge in [-0.2, -0.15) is 5.10 Å². The van der Waals surface area contributed by atoms with E-state index < -0.39 is 11.5 Å². The molecule has 5 heteroatoms. The molecule has 1 aromatic rings. The first-order chi connectivity index (χ1) is 7.17. The van der Waals surface area contributed by atoms with Crippen molar-refractivity contribution in [1.29, 1.82) is 0 Å². The molecule has 0 unspecified atom stereocenters. The van der Waals surface area contributed by atoms with Crippen LogP contribution in [-0.4, -0.2) is 20.9 Å². The molecular formula is C10H12N2O3. The maximum atomic E-state index is 11.6. The molecule has 1 aromatic heterocycles. The molecule has 15 heavy (non-hydrogen) atoms.